The molecule has 27 heavy (non-hydrogen) atoms. The summed E-state index contributed by atoms with van der Waals surface area (Å²) < 4.78 is 16.7. The number of methoxy groups -OCH3 is 1. The lowest BCUT2D eigenvalue weighted by atomic mass is 10.2. The van der Waals surface area contributed by atoms with E-state index >= 15 is 0 Å². The van der Waals surface area contributed by atoms with Crippen LogP contribution in [0.25, 0.3) is 10.2 Å². The fourth-order valence-electron chi connectivity index (χ4n) is 2.31. The number of para-hydroxylation sites is 1. The zero-order valence-electron chi connectivity index (χ0n) is 15.0. The second-order valence-electron chi connectivity index (χ2n) is 5.36. The molecule has 3 aromatic rings. The molecular formula is C19H19N3O4S. The number of hydrogen-bond acceptors (Lipinski definition) is 8. The predicted octanol–water partition coefficient (Wildman–Crippen LogP) is 3.69. The van der Waals surface area contributed by atoms with Gasteiger partial charge in [-0.3, -0.25) is 5.43 Å². The largest absolute Gasteiger partial charge is 0.493 e. The number of nitrogens with zero attached hydrogens (tertiary/aromatic N) is 2. The Labute approximate surface area is 160 Å². The molecule has 0 bridgehead atoms. The van der Waals surface area contributed by atoms with Gasteiger partial charge in [0.2, 0.25) is 5.13 Å². The molecule has 0 radical (unpaired) electrons. The average Bonchev–Trinajstić information content (AvgIpc) is 3.09. The molecule has 2 aromatic carbocycles. The van der Waals surface area contributed by atoms with Crippen LogP contribution in [0, 0.1) is 0 Å². The van der Waals surface area contributed by atoms with Gasteiger partial charge >= 0.3 is 5.97 Å². The summed E-state index contributed by atoms with van der Waals surface area (Å²) >= 11 is 1.53. The van der Waals surface area contributed by atoms with Crippen LogP contribution in [-0.4, -0.2) is 37.5 Å². The lowest BCUT2D eigenvalue weighted by Crippen LogP contribution is -2.15. The quantitative estimate of drug-likeness (QED) is 0.362. The molecule has 1 N–H and O–H groups in total. The van der Waals surface area contributed by atoms with E-state index < -0.39 is 5.97 Å². The number of esters is 1. The lowest BCUT2D eigenvalue weighted by molar-refractivity contribution is -0.145. The van der Waals surface area contributed by atoms with Crippen molar-refractivity contribution in [1.82, 2.24) is 4.98 Å². The molecule has 0 spiro atoms. The van der Waals surface area contributed by atoms with Gasteiger partial charge in [0.25, 0.3) is 0 Å². The smallest absolute Gasteiger partial charge is 0.344 e. The van der Waals surface area contributed by atoms with Crippen LogP contribution in [-0.2, 0) is 9.53 Å². The van der Waals surface area contributed by atoms with E-state index in [1.807, 2.05) is 30.3 Å². The van der Waals surface area contributed by atoms with Crippen LogP contribution in [0.3, 0.4) is 0 Å². The van der Waals surface area contributed by atoms with Gasteiger partial charge in [0.15, 0.2) is 18.1 Å². The normalized spacial score (nSPS) is 10.9. The van der Waals surface area contributed by atoms with Gasteiger partial charge in [-0.15, -0.1) is 0 Å². The van der Waals surface area contributed by atoms with Gasteiger partial charge < -0.3 is 14.2 Å². The molecule has 0 atom stereocenters. The lowest BCUT2D eigenvalue weighted by Gasteiger charge is -2.10. The molecule has 0 aliphatic carbocycles. The summed E-state index contributed by atoms with van der Waals surface area (Å²) in [6.45, 7) is 1.87. The van der Waals surface area contributed by atoms with Crippen molar-refractivity contribution < 1.29 is 19.0 Å². The maximum Gasteiger partial charge on any atom is 0.344 e. The minimum atomic E-state index is -0.434. The Hall–Kier alpha value is -3.13. The first-order chi connectivity index (χ1) is 13.2. The average molecular weight is 385 g/mol. The molecule has 7 nitrogen and oxygen atoms in total. The molecule has 0 saturated heterocycles. The number of carbonyl (C=O) groups is 1. The Morgan fingerprint density at radius 1 is 1.26 bits per heavy atom. The molecule has 0 unspecified atom stereocenters. The predicted molar refractivity (Wildman–Crippen MR) is 106 cm³/mol. The van der Waals surface area contributed by atoms with E-state index in [9.17, 15) is 4.79 Å². The third kappa shape index (κ3) is 4.95. The second kappa shape index (κ2) is 9.00. The molecular weight excluding hydrogens is 366 g/mol. The Bertz CT molecular complexity index is 922. The van der Waals surface area contributed by atoms with Crippen molar-refractivity contribution in [2.24, 2.45) is 5.10 Å². The number of aromatic nitrogens is 1. The maximum absolute atomic E-state index is 11.5. The fourth-order valence-corrected chi connectivity index (χ4v) is 3.12. The van der Waals surface area contributed by atoms with E-state index in [0.29, 0.717) is 23.2 Å². The highest BCUT2D eigenvalue weighted by molar-refractivity contribution is 7.22. The van der Waals surface area contributed by atoms with E-state index in [1.54, 1.807) is 25.3 Å². The molecule has 1 heterocycles. The summed E-state index contributed by atoms with van der Waals surface area (Å²) in [6.07, 6.45) is 1.64. The summed E-state index contributed by atoms with van der Waals surface area (Å²) in [4.78, 5) is 15.9. The number of ether oxygens (including phenoxy) is 3. The van der Waals surface area contributed by atoms with Crippen LogP contribution in [0.15, 0.2) is 47.6 Å². The number of hydrogen-bond donors (Lipinski definition) is 1. The molecule has 140 valence electrons. The zero-order chi connectivity index (χ0) is 19.1. The van der Waals surface area contributed by atoms with Gasteiger partial charge in [0.05, 0.1) is 30.1 Å². The Kier molecular flexibility index (Phi) is 6.22. The van der Waals surface area contributed by atoms with Crippen molar-refractivity contribution in [2.75, 3.05) is 25.7 Å². The van der Waals surface area contributed by atoms with E-state index in [0.717, 1.165) is 15.8 Å². The van der Waals surface area contributed by atoms with E-state index in [4.69, 9.17) is 14.2 Å². The fraction of sp³-hybridized carbons (Fsp3) is 0.211. The third-order valence-corrected chi connectivity index (χ3v) is 4.45. The number of thiazole rings is 1. The van der Waals surface area contributed by atoms with Crippen LogP contribution in [0.5, 0.6) is 11.5 Å². The van der Waals surface area contributed by atoms with E-state index in [2.05, 4.69) is 15.5 Å². The molecule has 1 aromatic heterocycles. The molecule has 0 aliphatic heterocycles. The van der Waals surface area contributed by atoms with Crippen LogP contribution >= 0.6 is 11.3 Å². The van der Waals surface area contributed by atoms with Crippen LogP contribution in [0.1, 0.15) is 12.5 Å². The van der Waals surface area contributed by atoms with Gasteiger partial charge in [0.1, 0.15) is 0 Å². The molecule has 3 rings (SSSR count). The third-order valence-electron chi connectivity index (χ3n) is 3.51. The number of nitrogens with one attached hydrogen (secondary N) is 1. The molecule has 0 fully saturated rings. The highest BCUT2D eigenvalue weighted by Crippen LogP contribution is 2.28. The first-order valence-corrected chi connectivity index (χ1v) is 9.12. The molecule has 8 heteroatoms. The van der Waals surface area contributed by atoms with Gasteiger partial charge in [-0.25, -0.2) is 9.78 Å². The van der Waals surface area contributed by atoms with E-state index in [-0.39, 0.29) is 6.61 Å². The minimum Gasteiger partial charge on any atom is -0.493 e. The maximum atomic E-state index is 11.5. The van der Waals surface area contributed by atoms with Gasteiger partial charge in [-0.2, -0.15) is 5.10 Å². The number of benzene rings is 2. The van der Waals surface area contributed by atoms with Gasteiger partial charge in [0, 0.05) is 0 Å². The Balaban J connectivity index is 1.67. The van der Waals surface area contributed by atoms with Crippen molar-refractivity contribution in [3.05, 3.63) is 48.0 Å². The molecule has 0 aliphatic rings. The Morgan fingerprint density at radius 2 is 2.11 bits per heavy atom. The Morgan fingerprint density at radius 3 is 2.89 bits per heavy atom. The summed E-state index contributed by atoms with van der Waals surface area (Å²) in [7, 11) is 1.54. The van der Waals surface area contributed by atoms with Crippen LogP contribution in [0.4, 0.5) is 5.13 Å². The standard InChI is InChI=1S/C19H19N3O4S/c1-3-25-18(23)12-26-16-10-13(8-9-15(16)24-2)11-20-22-19-21-14-6-4-5-7-17(14)27-19/h4-11H,3,12H2,1-2H3,(H,21,22)/b20-11+. The number of carbonyl (C=O) groups excluding carboxylic acids is 1. The summed E-state index contributed by atoms with van der Waals surface area (Å²) in [5.74, 6) is 0.529. The molecule has 0 amide bonds. The van der Waals surface area contributed by atoms with Gasteiger partial charge in [-0.05, 0) is 42.8 Å². The van der Waals surface area contributed by atoms with E-state index in [1.165, 1.54) is 18.4 Å². The zero-order valence-corrected chi connectivity index (χ0v) is 15.8. The van der Waals surface area contributed by atoms with Crippen molar-refractivity contribution >= 4 is 38.9 Å². The monoisotopic (exact) mass is 385 g/mol. The second-order valence-corrected chi connectivity index (χ2v) is 6.39. The summed E-state index contributed by atoms with van der Waals surface area (Å²) in [6, 6.07) is 13.2. The van der Waals surface area contributed by atoms with Crippen molar-refractivity contribution in [3.63, 3.8) is 0 Å². The van der Waals surface area contributed by atoms with Crippen LogP contribution in [0.2, 0.25) is 0 Å². The van der Waals surface area contributed by atoms with Crippen molar-refractivity contribution in [2.45, 2.75) is 6.92 Å². The SMILES string of the molecule is CCOC(=O)COc1cc(/C=N/Nc2nc3ccccc3s2)ccc1OC. The summed E-state index contributed by atoms with van der Waals surface area (Å²) in [5, 5.41) is 4.92. The number of fused-ring (bicyclic) bond motifs is 1. The first-order valence-electron chi connectivity index (χ1n) is 8.30. The first kappa shape index (κ1) is 18.7. The highest BCUT2D eigenvalue weighted by Gasteiger charge is 2.09. The summed E-state index contributed by atoms with van der Waals surface area (Å²) in [5.41, 5.74) is 4.64. The highest BCUT2D eigenvalue weighted by atomic mass is 32.1. The van der Waals surface area contributed by atoms with Crippen molar-refractivity contribution in [1.29, 1.82) is 0 Å². The number of hydrazone groups is 1. The minimum absolute atomic E-state index is 0.186. The topological polar surface area (TPSA) is 82.0 Å². The number of anilines is 1. The number of rotatable bonds is 8. The van der Waals surface area contributed by atoms with Crippen molar-refractivity contribution in [3.8, 4) is 11.5 Å². The van der Waals surface area contributed by atoms with Gasteiger partial charge in [-0.1, -0.05) is 23.5 Å². The molecule has 0 saturated carbocycles. The van der Waals surface area contributed by atoms with Crippen LogP contribution < -0.4 is 14.9 Å².